The van der Waals surface area contributed by atoms with E-state index in [1.165, 1.54) is 25.2 Å². The number of rotatable bonds is 5. The van der Waals surface area contributed by atoms with Crippen LogP contribution in [0.25, 0.3) is 0 Å². The molecule has 0 aromatic carbocycles. The highest BCUT2D eigenvalue weighted by atomic mass is 32.2. The summed E-state index contributed by atoms with van der Waals surface area (Å²) in [5, 5.41) is 2.96. The molecule has 6 nitrogen and oxygen atoms in total. The second-order valence-electron chi connectivity index (χ2n) is 4.71. The van der Waals surface area contributed by atoms with E-state index in [4.69, 9.17) is 5.84 Å². The van der Waals surface area contributed by atoms with Gasteiger partial charge >= 0.3 is 0 Å². The molecule has 2 rings (SSSR count). The maximum Gasteiger partial charge on any atom is 0.271 e. The fraction of sp³-hybridized carbons (Fsp3) is 0.583. The number of amides is 1. The SMILES string of the molecule is CSC1(CNC(=O)c2cnc(NN)cn2)CCCC1. The molecule has 1 saturated carbocycles. The van der Waals surface area contributed by atoms with Gasteiger partial charge < -0.3 is 10.7 Å². The molecule has 1 aromatic rings. The van der Waals surface area contributed by atoms with Crippen LogP contribution in [0.2, 0.25) is 0 Å². The number of aromatic nitrogens is 2. The van der Waals surface area contributed by atoms with Crippen molar-refractivity contribution in [3.05, 3.63) is 18.1 Å². The molecule has 0 atom stereocenters. The highest BCUT2D eigenvalue weighted by molar-refractivity contribution is 8.00. The molecular weight excluding hydrogens is 262 g/mol. The summed E-state index contributed by atoms with van der Waals surface area (Å²) in [4.78, 5) is 20.0. The summed E-state index contributed by atoms with van der Waals surface area (Å²) in [6, 6.07) is 0. The van der Waals surface area contributed by atoms with E-state index in [0.717, 1.165) is 12.8 Å². The minimum atomic E-state index is -0.184. The number of carbonyl (C=O) groups is 1. The quantitative estimate of drug-likeness (QED) is 0.554. The molecule has 1 amide bonds. The minimum absolute atomic E-state index is 0.184. The highest BCUT2D eigenvalue weighted by Gasteiger charge is 2.33. The first-order valence-electron chi connectivity index (χ1n) is 6.31. The van der Waals surface area contributed by atoms with Crippen molar-refractivity contribution in [2.24, 2.45) is 5.84 Å². The zero-order valence-corrected chi connectivity index (χ0v) is 11.8. The van der Waals surface area contributed by atoms with Crippen molar-refractivity contribution in [1.29, 1.82) is 0 Å². The smallest absolute Gasteiger partial charge is 0.271 e. The zero-order valence-electron chi connectivity index (χ0n) is 11.0. The Hall–Kier alpha value is -1.34. The van der Waals surface area contributed by atoms with E-state index in [2.05, 4.69) is 27.0 Å². The van der Waals surface area contributed by atoms with Crippen LogP contribution in [-0.2, 0) is 0 Å². The topological polar surface area (TPSA) is 92.9 Å². The molecule has 1 aromatic heterocycles. The molecular formula is C12H19N5OS. The first kappa shape index (κ1) is 14.1. The van der Waals surface area contributed by atoms with E-state index >= 15 is 0 Å². The number of thioether (sulfide) groups is 1. The Bertz CT molecular complexity index is 430. The number of anilines is 1. The second-order valence-corrected chi connectivity index (χ2v) is 5.98. The number of nitrogens with one attached hydrogen (secondary N) is 2. The molecule has 0 bridgehead atoms. The molecule has 19 heavy (non-hydrogen) atoms. The Morgan fingerprint density at radius 2 is 2.16 bits per heavy atom. The largest absolute Gasteiger partial charge is 0.349 e. The van der Waals surface area contributed by atoms with Crippen LogP contribution in [0.5, 0.6) is 0 Å². The number of hydrogen-bond acceptors (Lipinski definition) is 6. The highest BCUT2D eigenvalue weighted by Crippen LogP contribution is 2.39. The first-order valence-corrected chi connectivity index (χ1v) is 7.54. The zero-order chi connectivity index (χ0) is 13.7. The molecule has 0 spiro atoms. The number of nitrogen functional groups attached to an aromatic ring is 1. The number of nitrogens with zero attached hydrogens (tertiary/aromatic N) is 2. The van der Waals surface area contributed by atoms with E-state index in [1.807, 2.05) is 11.8 Å². The van der Waals surface area contributed by atoms with Crippen LogP contribution in [-0.4, -0.2) is 33.4 Å². The van der Waals surface area contributed by atoms with Gasteiger partial charge in [-0.05, 0) is 19.1 Å². The van der Waals surface area contributed by atoms with Gasteiger partial charge in [-0.3, -0.25) is 4.79 Å². The monoisotopic (exact) mass is 281 g/mol. The van der Waals surface area contributed by atoms with Gasteiger partial charge in [0, 0.05) is 11.3 Å². The molecule has 0 unspecified atom stereocenters. The minimum Gasteiger partial charge on any atom is -0.349 e. The standard InChI is InChI=1S/C12H19N5OS/c1-19-12(4-2-3-5-12)8-16-11(18)9-6-15-10(17-13)7-14-9/h6-7H,2-5,8,13H2,1H3,(H,15,17)(H,16,18). The van der Waals surface area contributed by atoms with Crippen LogP contribution in [0.3, 0.4) is 0 Å². The third-order valence-corrected chi connectivity index (χ3v) is 4.97. The van der Waals surface area contributed by atoms with Gasteiger partial charge in [0.1, 0.15) is 5.69 Å². The van der Waals surface area contributed by atoms with Gasteiger partial charge in [0.2, 0.25) is 0 Å². The van der Waals surface area contributed by atoms with Crippen molar-refractivity contribution in [2.45, 2.75) is 30.4 Å². The fourth-order valence-electron chi connectivity index (χ4n) is 2.32. The lowest BCUT2D eigenvalue weighted by Crippen LogP contribution is -2.38. The summed E-state index contributed by atoms with van der Waals surface area (Å²) < 4.78 is 0.196. The maximum absolute atomic E-state index is 12.0. The Kier molecular flexibility index (Phi) is 4.60. The van der Waals surface area contributed by atoms with Gasteiger partial charge in [0.25, 0.3) is 5.91 Å². The van der Waals surface area contributed by atoms with Gasteiger partial charge in [-0.2, -0.15) is 11.8 Å². The van der Waals surface area contributed by atoms with Crippen molar-refractivity contribution in [2.75, 3.05) is 18.2 Å². The van der Waals surface area contributed by atoms with Crippen molar-refractivity contribution in [3.8, 4) is 0 Å². The summed E-state index contributed by atoms with van der Waals surface area (Å²) in [5.41, 5.74) is 2.69. The number of hydrazine groups is 1. The fourth-order valence-corrected chi connectivity index (χ4v) is 3.24. The Labute approximate surface area is 116 Å². The van der Waals surface area contributed by atoms with Crippen LogP contribution in [0.1, 0.15) is 36.2 Å². The van der Waals surface area contributed by atoms with Crippen molar-refractivity contribution < 1.29 is 4.79 Å². The molecule has 4 N–H and O–H groups in total. The van der Waals surface area contributed by atoms with Crippen molar-refractivity contribution in [1.82, 2.24) is 15.3 Å². The van der Waals surface area contributed by atoms with Gasteiger partial charge in [-0.15, -0.1) is 0 Å². The van der Waals surface area contributed by atoms with E-state index in [9.17, 15) is 4.79 Å². The Morgan fingerprint density at radius 1 is 1.42 bits per heavy atom. The van der Waals surface area contributed by atoms with Crippen LogP contribution in [0.4, 0.5) is 5.82 Å². The summed E-state index contributed by atoms with van der Waals surface area (Å²) in [6.45, 7) is 0.686. The summed E-state index contributed by atoms with van der Waals surface area (Å²) in [7, 11) is 0. The number of carbonyl (C=O) groups excluding carboxylic acids is 1. The lowest BCUT2D eigenvalue weighted by atomic mass is 10.1. The predicted octanol–water partition coefficient (Wildman–Crippen LogP) is 1.17. The molecule has 7 heteroatoms. The molecule has 1 aliphatic carbocycles. The first-order chi connectivity index (χ1) is 9.19. The third kappa shape index (κ3) is 3.36. The predicted molar refractivity (Wildman–Crippen MR) is 76.9 cm³/mol. The molecule has 1 heterocycles. The Morgan fingerprint density at radius 3 is 2.68 bits per heavy atom. The van der Waals surface area contributed by atoms with Crippen molar-refractivity contribution in [3.63, 3.8) is 0 Å². The van der Waals surface area contributed by atoms with Crippen LogP contribution < -0.4 is 16.6 Å². The van der Waals surface area contributed by atoms with E-state index in [-0.39, 0.29) is 10.7 Å². The van der Waals surface area contributed by atoms with E-state index < -0.39 is 0 Å². The molecule has 0 aliphatic heterocycles. The molecule has 0 radical (unpaired) electrons. The summed E-state index contributed by atoms with van der Waals surface area (Å²) in [5.74, 6) is 5.45. The Balaban J connectivity index is 1.93. The average Bonchev–Trinajstić information content (AvgIpc) is 2.94. The molecule has 1 aliphatic rings. The normalized spacial score (nSPS) is 17.2. The number of hydrogen-bond donors (Lipinski definition) is 3. The van der Waals surface area contributed by atoms with Gasteiger partial charge in [-0.1, -0.05) is 12.8 Å². The maximum atomic E-state index is 12.0. The number of nitrogens with two attached hydrogens (primary N) is 1. The third-order valence-electron chi connectivity index (χ3n) is 3.55. The lowest BCUT2D eigenvalue weighted by Gasteiger charge is -2.26. The molecule has 0 saturated heterocycles. The van der Waals surface area contributed by atoms with E-state index in [0.29, 0.717) is 18.1 Å². The molecule has 1 fully saturated rings. The summed E-state index contributed by atoms with van der Waals surface area (Å²) >= 11 is 1.85. The van der Waals surface area contributed by atoms with Crippen LogP contribution >= 0.6 is 11.8 Å². The van der Waals surface area contributed by atoms with E-state index in [1.54, 1.807) is 0 Å². The summed E-state index contributed by atoms with van der Waals surface area (Å²) in [6.07, 6.45) is 9.78. The average molecular weight is 281 g/mol. The van der Waals surface area contributed by atoms with Crippen LogP contribution in [0.15, 0.2) is 12.4 Å². The van der Waals surface area contributed by atoms with Crippen LogP contribution in [0, 0.1) is 0 Å². The van der Waals surface area contributed by atoms with Gasteiger partial charge in [0.05, 0.1) is 12.4 Å². The van der Waals surface area contributed by atoms with Crippen molar-refractivity contribution >= 4 is 23.5 Å². The van der Waals surface area contributed by atoms with Gasteiger partial charge in [-0.25, -0.2) is 15.8 Å². The molecule has 104 valence electrons. The van der Waals surface area contributed by atoms with Gasteiger partial charge in [0.15, 0.2) is 5.82 Å². The second kappa shape index (κ2) is 6.21. The lowest BCUT2D eigenvalue weighted by molar-refractivity contribution is 0.0944.